The normalized spacial score (nSPS) is 20.4. The second-order valence-electron chi connectivity index (χ2n) is 4.75. The molecule has 1 aliphatic rings. The summed E-state index contributed by atoms with van der Waals surface area (Å²) in [7, 11) is 0. The Bertz CT molecular complexity index is 453. The van der Waals surface area contributed by atoms with Gasteiger partial charge in [-0.05, 0) is 31.9 Å². The molecule has 104 valence electrons. The maximum atomic E-state index is 12.3. The van der Waals surface area contributed by atoms with Gasteiger partial charge in [0.2, 0.25) is 0 Å². The molecule has 0 radical (unpaired) electrons. The minimum absolute atomic E-state index is 0.0205. The van der Waals surface area contributed by atoms with Gasteiger partial charge < -0.3 is 15.4 Å². The molecule has 0 unspecified atom stereocenters. The first-order valence-corrected chi connectivity index (χ1v) is 6.93. The van der Waals surface area contributed by atoms with Crippen molar-refractivity contribution < 1.29 is 9.53 Å². The minimum atomic E-state index is -0.549. The van der Waals surface area contributed by atoms with Crippen LogP contribution in [0.4, 0.5) is 0 Å². The van der Waals surface area contributed by atoms with Gasteiger partial charge in [-0.25, -0.2) is 0 Å². The lowest BCUT2D eigenvalue weighted by molar-refractivity contribution is -0.138. The van der Waals surface area contributed by atoms with E-state index in [-0.39, 0.29) is 11.9 Å². The molecule has 1 fully saturated rings. The van der Waals surface area contributed by atoms with E-state index in [1.54, 1.807) is 19.1 Å². The van der Waals surface area contributed by atoms with Gasteiger partial charge in [0, 0.05) is 19.1 Å². The lowest BCUT2D eigenvalue weighted by atomic mass is 10.2. The molecule has 1 heterocycles. The van der Waals surface area contributed by atoms with E-state index in [2.05, 4.69) is 0 Å². The first-order valence-electron chi connectivity index (χ1n) is 6.55. The quantitative estimate of drug-likeness (QED) is 0.920. The van der Waals surface area contributed by atoms with Crippen LogP contribution in [0.1, 0.15) is 19.8 Å². The van der Waals surface area contributed by atoms with Gasteiger partial charge in [0.25, 0.3) is 5.91 Å². The van der Waals surface area contributed by atoms with Gasteiger partial charge in [-0.1, -0.05) is 23.7 Å². The topological polar surface area (TPSA) is 55.6 Å². The summed E-state index contributed by atoms with van der Waals surface area (Å²) in [4.78, 5) is 14.2. The van der Waals surface area contributed by atoms with Gasteiger partial charge in [0.05, 0.1) is 5.02 Å². The lowest BCUT2D eigenvalue weighted by Gasteiger charge is -2.27. The number of amides is 1. The van der Waals surface area contributed by atoms with Crippen molar-refractivity contribution >= 4 is 17.5 Å². The molecule has 19 heavy (non-hydrogen) atoms. The van der Waals surface area contributed by atoms with Gasteiger partial charge in [-0.3, -0.25) is 4.79 Å². The summed E-state index contributed by atoms with van der Waals surface area (Å²) in [5.41, 5.74) is 5.68. The predicted octanol–water partition coefficient (Wildman–Crippen LogP) is 2.06. The zero-order valence-electron chi connectivity index (χ0n) is 11.0. The summed E-state index contributed by atoms with van der Waals surface area (Å²) in [5, 5.41) is 0.513. The van der Waals surface area contributed by atoms with E-state index in [0.717, 1.165) is 19.4 Å². The molecule has 4 nitrogen and oxygen atoms in total. The average molecular weight is 283 g/mol. The number of para-hydroxylation sites is 1. The monoisotopic (exact) mass is 282 g/mol. The Morgan fingerprint density at radius 2 is 2.32 bits per heavy atom. The maximum absolute atomic E-state index is 12.3. The van der Waals surface area contributed by atoms with Crippen molar-refractivity contribution in [2.45, 2.75) is 31.9 Å². The van der Waals surface area contributed by atoms with Crippen LogP contribution in [0.5, 0.6) is 5.75 Å². The third-order valence-electron chi connectivity index (χ3n) is 3.42. The van der Waals surface area contributed by atoms with Crippen LogP contribution in [0.15, 0.2) is 24.3 Å². The third kappa shape index (κ3) is 3.19. The number of ether oxygens (including phenoxy) is 1. The molecular weight excluding hydrogens is 264 g/mol. The Balaban J connectivity index is 2.02. The molecule has 0 aliphatic carbocycles. The Kier molecular flexibility index (Phi) is 4.66. The summed E-state index contributed by atoms with van der Waals surface area (Å²) < 4.78 is 5.65. The lowest BCUT2D eigenvalue weighted by Crippen LogP contribution is -2.45. The van der Waals surface area contributed by atoms with Crippen molar-refractivity contribution in [2.75, 3.05) is 13.1 Å². The molecule has 5 heteroatoms. The Morgan fingerprint density at radius 1 is 1.58 bits per heavy atom. The van der Waals surface area contributed by atoms with Gasteiger partial charge in [-0.2, -0.15) is 0 Å². The molecule has 0 aromatic heterocycles. The van der Waals surface area contributed by atoms with Crippen LogP contribution in [-0.2, 0) is 4.79 Å². The van der Waals surface area contributed by atoms with Crippen LogP contribution in [0.3, 0.4) is 0 Å². The highest BCUT2D eigenvalue weighted by molar-refractivity contribution is 6.32. The molecule has 2 rings (SSSR count). The molecule has 1 aromatic carbocycles. The van der Waals surface area contributed by atoms with Gasteiger partial charge in [0.1, 0.15) is 5.75 Å². The zero-order valence-corrected chi connectivity index (χ0v) is 11.8. The van der Waals surface area contributed by atoms with E-state index in [1.165, 1.54) is 0 Å². The SMILES string of the molecule is C[C@@H](Oc1ccccc1Cl)C(=O)N1CCC[C@H]1CN. The Morgan fingerprint density at radius 3 is 3.00 bits per heavy atom. The highest BCUT2D eigenvalue weighted by Gasteiger charge is 2.31. The predicted molar refractivity (Wildman–Crippen MR) is 75.3 cm³/mol. The van der Waals surface area contributed by atoms with Crippen LogP contribution in [0, 0.1) is 0 Å². The van der Waals surface area contributed by atoms with Gasteiger partial charge >= 0.3 is 0 Å². The van der Waals surface area contributed by atoms with E-state index in [4.69, 9.17) is 22.1 Å². The number of likely N-dealkylation sites (tertiary alicyclic amines) is 1. The van der Waals surface area contributed by atoms with Crippen molar-refractivity contribution in [1.29, 1.82) is 0 Å². The summed E-state index contributed by atoms with van der Waals surface area (Å²) >= 11 is 6.02. The summed E-state index contributed by atoms with van der Waals surface area (Å²) in [6.07, 6.45) is 1.43. The number of hydrogen-bond acceptors (Lipinski definition) is 3. The third-order valence-corrected chi connectivity index (χ3v) is 3.73. The summed E-state index contributed by atoms with van der Waals surface area (Å²) in [6, 6.07) is 7.30. The standard InChI is InChI=1S/C14H19ClN2O2/c1-10(19-13-7-3-2-6-12(13)15)14(18)17-8-4-5-11(17)9-16/h2-3,6-7,10-11H,4-5,8-9,16H2,1H3/t10-,11+/m1/s1. The van der Waals surface area contributed by atoms with Gasteiger partial charge in [0.15, 0.2) is 6.10 Å². The van der Waals surface area contributed by atoms with Crippen LogP contribution in [0.25, 0.3) is 0 Å². The van der Waals surface area contributed by atoms with Crippen molar-refractivity contribution in [3.63, 3.8) is 0 Å². The van der Waals surface area contributed by atoms with Crippen molar-refractivity contribution in [3.05, 3.63) is 29.3 Å². The number of nitrogens with two attached hydrogens (primary N) is 1. The van der Waals surface area contributed by atoms with E-state index >= 15 is 0 Å². The maximum Gasteiger partial charge on any atom is 0.263 e. The van der Waals surface area contributed by atoms with Crippen LogP contribution >= 0.6 is 11.6 Å². The number of hydrogen-bond donors (Lipinski definition) is 1. The van der Waals surface area contributed by atoms with Crippen molar-refractivity contribution in [1.82, 2.24) is 4.90 Å². The summed E-state index contributed by atoms with van der Waals surface area (Å²) in [5.74, 6) is 0.515. The Hall–Kier alpha value is -1.26. The van der Waals surface area contributed by atoms with Crippen LogP contribution in [-0.4, -0.2) is 36.0 Å². The molecule has 0 saturated carbocycles. The van der Waals surface area contributed by atoms with Crippen LogP contribution in [0.2, 0.25) is 5.02 Å². The molecule has 1 saturated heterocycles. The number of carbonyl (C=O) groups excluding carboxylic acids is 1. The molecule has 0 bridgehead atoms. The second-order valence-corrected chi connectivity index (χ2v) is 5.16. The first kappa shape index (κ1) is 14.2. The number of nitrogens with zero attached hydrogens (tertiary/aromatic N) is 1. The van der Waals surface area contributed by atoms with E-state index in [0.29, 0.717) is 17.3 Å². The van der Waals surface area contributed by atoms with Crippen molar-refractivity contribution in [3.8, 4) is 5.75 Å². The molecule has 2 atom stereocenters. The fraction of sp³-hybridized carbons (Fsp3) is 0.500. The Labute approximate surface area is 118 Å². The van der Waals surface area contributed by atoms with Crippen LogP contribution < -0.4 is 10.5 Å². The number of carbonyl (C=O) groups is 1. The molecular formula is C14H19ClN2O2. The smallest absolute Gasteiger partial charge is 0.263 e. The summed E-state index contributed by atoms with van der Waals surface area (Å²) in [6.45, 7) is 3.01. The average Bonchev–Trinajstić information content (AvgIpc) is 2.88. The fourth-order valence-electron chi connectivity index (χ4n) is 2.39. The number of rotatable bonds is 4. The molecule has 1 amide bonds. The first-order chi connectivity index (χ1) is 9.13. The van der Waals surface area contributed by atoms with Crippen molar-refractivity contribution in [2.24, 2.45) is 5.73 Å². The minimum Gasteiger partial charge on any atom is -0.479 e. The highest BCUT2D eigenvalue weighted by Crippen LogP contribution is 2.25. The highest BCUT2D eigenvalue weighted by atomic mass is 35.5. The van der Waals surface area contributed by atoms with E-state index in [1.807, 2.05) is 17.0 Å². The second kappa shape index (κ2) is 6.26. The molecule has 1 aromatic rings. The molecule has 2 N–H and O–H groups in total. The zero-order chi connectivity index (χ0) is 13.8. The number of benzene rings is 1. The van der Waals surface area contributed by atoms with Gasteiger partial charge in [-0.15, -0.1) is 0 Å². The largest absolute Gasteiger partial charge is 0.479 e. The van der Waals surface area contributed by atoms with E-state index < -0.39 is 6.10 Å². The fourth-order valence-corrected chi connectivity index (χ4v) is 2.57. The molecule has 0 spiro atoms. The molecule has 1 aliphatic heterocycles. The van der Waals surface area contributed by atoms with E-state index in [9.17, 15) is 4.79 Å². The number of halogens is 1.